The predicted molar refractivity (Wildman–Crippen MR) is 304 cm³/mol. The average molecular weight is 1440 g/mol. The SMILES string of the molecule is O=C(O)[C@H](Cc1ccccc1)NC[C@@H]1O[C@@H]2O[C@H]3[C@H](O)[C@H](O)[C@@H](O[C@H]4[C@@H](O)[C@@H](O)[C@@H](O[C@H]5[C@H](O)[C@@H](O)[C@@H](O[C@H]6[C@H](O)[C@H](O)[C@@H](O[C@H]7[C@H](O)[C@@H](O)[C@@H](O[C@H]8[C@H](O)[C@@H](O)[C@@H](O[C@H]9[C@H](O)[C@@H](O)[C@@H](O[C@H]1[C@H](O)[C@H]2O)O[C@H]9CO)O[C@H]8CO)O[C@H]7CO)O[C@@H]6CO)O[C@@H]5CO)O[C@@H]4CO)O[C@@H]3CO. The molecule has 568 valence electrons. The molecule has 1 aromatic carbocycles. The van der Waals surface area contributed by atoms with Crippen molar-refractivity contribution in [2.24, 2.45) is 0 Å². The van der Waals surface area contributed by atoms with Crippen LogP contribution in [0.2, 0.25) is 0 Å². The highest BCUT2D eigenvalue weighted by Crippen LogP contribution is 2.40. The van der Waals surface area contributed by atoms with E-state index < -0.39 is 310 Å². The molecule has 30 aliphatic rings. The summed E-state index contributed by atoms with van der Waals surface area (Å²) in [5.41, 5.74) is 0.528. The molecule has 0 radical (unpaired) electrons. The minimum absolute atomic E-state index is 0.165. The summed E-state index contributed by atoms with van der Waals surface area (Å²) in [6, 6.07) is 6.76. The van der Waals surface area contributed by atoms with Gasteiger partial charge in [-0.2, -0.15) is 0 Å². The second kappa shape index (κ2) is 34.1. The minimum atomic E-state index is -2.32. The molecule has 0 aromatic heterocycles. The van der Waals surface area contributed by atoms with Crippen LogP contribution < -0.4 is 5.32 Å². The molecule has 16 bridgehead atoms. The maximum Gasteiger partial charge on any atom is 0.321 e. The summed E-state index contributed by atoms with van der Waals surface area (Å²) in [7, 11) is 0. The monoisotopic (exact) mass is 1440 g/mol. The quantitative estimate of drug-likeness (QED) is 0.0872. The zero-order valence-electron chi connectivity index (χ0n) is 52.1. The lowest BCUT2D eigenvalue weighted by molar-refractivity contribution is -0.403. The molecule has 0 unspecified atom stereocenters. The summed E-state index contributed by atoms with van der Waals surface area (Å²) in [6.07, 6.45) is -83.6. The molecule has 25 N–H and O–H groups in total. The lowest BCUT2D eigenvalue weighted by Crippen LogP contribution is -2.69. The van der Waals surface area contributed by atoms with E-state index in [0.29, 0.717) is 5.56 Å². The summed E-state index contributed by atoms with van der Waals surface area (Å²) >= 11 is 0. The first kappa shape index (κ1) is 78.7. The highest BCUT2D eigenvalue weighted by atomic mass is 16.8. The zero-order chi connectivity index (χ0) is 71.7. The molecule has 30 aliphatic heterocycles. The van der Waals surface area contributed by atoms with Crippen LogP contribution in [0.1, 0.15) is 5.56 Å². The van der Waals surface area contributed by atoms with E-state index in [-0.39, 0.29) is 6.42 Å². The number of hydrogen-bond acceptors (Lipinski definition) is 41. The number of carbonyl (C=O) groups is 1. The van der Waals surface area contributed by atoms with Gasteiger partial charge in [0.25, 0.3) is 0 Å². The molecule has 0 spiro atoms. The van der Waals surface area contributed by atoms with Crippen LogP contribution in [0, 0.1) is 0 Å². The van der Waals surface area contributed by atoms with Crippen LogP contribution >= 0.6 is 0 Å². The summed E-state index contributed by atoms with van der Waals surface area (Å²) in [5, 5.41) is 272. The highest BCUT2D eigenvalue weighted by molar-refractivity contribution is 5.73. The molecule has 42 nitrogen and oxygen atoms in total. The van der Waals surface area contributed by atoms with Crippen LogP contribution in [-0.2, 0) is 87.0 Å². The van der Waals surface area contributed by atoms with Gasteiger partial charge in [0, 0.05) is 6.54 Å². The topological polar surface area (TPSA) is 662 Å². The van der Waals surface area contributed by atoms with Crippen LogP contribution in [0.4, 0.5) is 0 Å². The fourth-order valence-electron chi connectivity index (χ4n) is 13.3. The number of ether oxygens (including phenoxy) is 16. The highest BCUT2D eigenvalue weighted by Gasteiger charge is 2.60. The van der Waals surface area contributed by atoms with Gasteiger partial charge in [-0.1, -0.05) is 30.3 Å². The lowest BCUT2D eigenvalue weighted by Gasteiger charge is -2.50. The number of aliphatic hydroxyl groups excluding tert-OH is 23. The summed E-state index contributed by atoms with van der Waals surface area (Å²) in [6.45, 7) is -8.39. The van der Waals surface area contributed by atoms with E-state index in [1.807, 2.05) is 0 Å². The van der Waals surface area contributed by atoms with E-state index in [9.17, 15) is 127 Å². The first-order chi connectivity index (χ1) is 47.2. The summed E-state index contributed by atoms with van der Waals surface area (Å²) in [5.74, 6) is -1.40. The number of carboxylic acid groups (broad SMARTS) is 1. The van der Waals surface area contributed by atoms with Crippen molar-refractivity contribution < 1.29 is 203 Å². The van der Waals surface area contributed by atoms with Gasteiger partial charge in [-0.15, -0.1) is 0 Å². The van der Waals surface area contributed by atoms with Crippen molar-refractivity contribution in [1.29, 1.82) is 0 Å². The van der Waals surface area contributed by atoms with Crippen LogP contribution in [0.3, 0.4) is 0 Å². The molecule has 42 heteroatoms. The molecule has 41 atom stereocenters. The van der Waals surface area contributed by atoms with Gasteiger partial charge in [-0.3, -0.25) is 4.79 Å². The Morgan fingerprint density at radius 3 is 0.646 bits per heavy atom. The first-order valence-corrected chi connectivity index (χ1v) is 31.9. The Kier molecular flexibility index (Phi) is 27.1. The number of aliphatic carboxylic acids is 1. The van der Waals surface area contributed by atoms with Gasteiger partial charge in [-0.25, -0.2) is 0 Å². The third kappa shape index (κ3) is 16.4. The third-order valence-electron chi connectivity index (χ3n) is 18.9. The number of nitrogens with one attached hydrogen (secondary N) is 1. The smallest absolute Gasteiger partial charge is 0.321 e. The van der Waals surface area contributed by atoms with Crippen molar-refractivity contribution in [1.82, 2.24) is 5.32 Å². The second-order valence-electron chi connectivity index (χ2n) is 25.3. The number of rotatable bonds is 13. The Morgan fingerprint density at radius 2 is 0.465 bits per heavy atom. The van der Waals surface area contributed by atoms with Crippen LogP contribution in [0.5, 0.6) is 0 Å². The second-order valence-corrected chi connectivity index (χ2v) is 25.3. The van der Waals surface area contributed by atoms with Gasteiger partial charge in [0.05, 0.1) is 46.2 Å². The number of aliphatic hydroxyl groups is 23. The maximum absolute atomic E-state index is 12.7. The van der Waals surface area contributed by atoms with E-state index in [0.717, 1.165) is 0 Å². The van der Waals surface area contributed by atoms with E-state index in [4.69, 9.17) is 75.8 Å². The molecule has 30 fully saturated rings. The van der Waals surface area contributed by atoms with Gasteiger partial charge in [0.1, 0.15) is 201 Å². The standard InChI is InChI=1S/C57H89NO41/c59-8-18-42-27(68)35(76)52(86-18)95-44-20(10-61)88-54(37(78)29(44)70)97-46-22(12-63)90-56(39(80)31(46)72)99-48-24(14-65)91-57(40(81)32(48)73)98-47-23(13-64)89-55(38(79)30(47)71)96-45-21(11-62)87-53(36(77)28(45)69)94-43-19(9-60)85-51(34(75)26(43)67)92-41-17(84-50(93-42)33(74)25(41)66)7-58-16(49(82)83)6-15-4-2-1-3-5-15/h1-5,16-48,50-81H,6-14H2,(H,82,83)/t16-,17-,18+,19-,20+,21-,22+,23-,24+,25+,26+,27+,28+,29-,30+,31+,32+,33+,34+,35-,36+,37+,38+,39+,40-,41+,42+,43+,44+,45+,46+,47+,48+,50+,51+,52+,53+,54+,55+,56+,57+/m0/s1. The van der Waals surface area contributed by atoms with Gasteiger partial charge < -0.3 is 204 Å². The predicted octanol–water partition coefficient (Wildman–Crippen LogP) is -16.1. The lowest BCUT2D eigenvalue weighted by atomic mass is 9.94. The molecule has 1 aromatic rings. The van der Waals surface area contributed by atoms with Crippen LogP contribution in [0.25, 0.3) is 0 Å². The third-order valence-corrected chi connectivity index (χ3v) is 18.9. The largest absolute Gasteiger partial charge is 0.480 e. The maximum atomic E-state index is 12.7. The fraction of sp³-hybridized carbons (Fsp3) is 0.877. The Morgan fingerprint density at radius 1 is 0.283 bits per heavy atom. The molecular formula is C57H89NO41. The van der Waals surface area contributed by atoms with E-state index in [1.165, 1.54) is 0 Å². The Hall–Kier alpha value is -2.91. The van der Waals surface area contributed by atoms with E-state index in [1.54, 1.807) is 30.3 Å². The van der Waals surface area contributed by atoms with Crippen molar-refractivity contribution in [2.75, 3.05) is 52.8 Å². The van der Waals surface area contributed by atoms with Crippen molar-refractivity contribution >= 4 is 5.97 Å². The van der Waals surface area contributed by atoms with Gasteiger partial charge in [-0.05, 0) is 12.0 Å². The summed E-state index contributed by atoms with van der Waals surface area (Å²) < 4.78 is 92.8. The fourth-order valence-corrected chi connectivity index (χ4v) is 13.3. The average Bonchev–Trinajstić information content (AvgIpc) is 0.781. The molecule has 0 saturated carbocycles. The van der Waals surface area contributed by atoms with Gasteiger partial charge in [0.15, 0.2) is 50.3 Å². The van der Waals surface area contributed by atoms with Crippen LogP contribution in [0.15, 0.2) is 30.3 Å². The van der Waals surface area contributed by atoms with E-state index >= 15 is 0 Å². The molecular weight excluding hydrogens is 1350 g/mol. The van der Waals surface area contributed by atoms with E-state index in [2.05, 4.69) is 5.32 Å². The van der Waals surface area contributed by atoms with Crippen molar-refractivity contribution in [3.8, 4) is 0 Å². The molecule has 30 saturated heterocycles. The van der Waals surface area contributed by atoms with Gasteiger partial charge >= 0.3 is 5.97 Å². The first-order valence-electron chi connectivity index (χ1n) is 31.9. The summed E-state index contributed by atoms with van der Waals surface area (Å²) in [4.78, 5) is 12.7. The van der Waals surface area contributed by atoms with Crippen molar-refractivity contribution in [3.63, 3.8) is 0 Å². The number of carboxylic acids is 1. The molecule has 31 rings (SSSR count). The normalized spacial score (nSPS) is 50.8. The van der Waals surface area contributed by atoms with Crippen molar-refractivity contribution in [3.05, 3.63) is 35.9 Å². The Bertz CT molecular complexity index is 2640. The van der Waals surface area contributed by atoms with Crippen molar-refractivity contribution in [2.45, 2.75) is 258 Å². The molecule has 30 heterocycles. The minimum Gasteiger partial charge on any atom is -0.480 e. The Balaban J connectivity index is 0.935. The zero-order valence-corrected chi connectivity index (χ0v) is 52.1. The van der Waals surface area contributed by atoms with Gasteiger partial charge in [0.2, 0.25) is 0 Å². The molecule has 0 aliphatic carbocycles. The number of hydrogen-bond donors (Lipinski definition) is 25. The molecule has 0 amide bonds. The number of benzene rings is 1. The Labute approximate surface area is 560 Å². The van der Waals surface area contributed by atoms with Crippen LogP contribution in [-0.4, -0.2) is 433 Å². The molecule has 99 heavy (non-hydrogen) atoms.